The lowest BCUT2D eigenvalue weighted by atomic mass is 10.1. The van der Waals surface area contributed by atoms with Crippen LogP contribution in [0.5, 0.6) is 0 Å². The topological polar surface area (TPSA) is 78.3 Å². The fraction of sp³-hybridized carbons (Fsp3) is 0.350. The summed E-state index contributed by atoms with van der Waals surface area (Å²) in [5.41, 5.74) is 3.10. The van der Waals surface area contributed by atoms with Crippen LogP contribution >= 0.6 is 0 Å². The molecule has 27 heavy (non-hydrogen) atoms. The molecule has 1 fully saturated rings. The van der Waals surface area contributed by atoms with Crippen molar-refractivity contribution in [1.29, 1.82) is 0 Å². The Balaban J connectivity index is 1.51. The number of ether oxygens (including phenoxy) is 2. The zero-order valence-electron chi connectivity index (χ0n) is 15.2. The molecule has 2 atom stereocenters. The zero-order valence-corrected chi connectivity index (χ0v) is 15.2. The fourth-order valence-corrected chi connectivity index (χ4v) is 3.36. The lowest BCUT2D eigenvalue weighted by molar-refractivity contribution is -0.0349. The number of methoxy groups -OCH3 is 1. The molecule has 1 aliphatic heterocycles. The lowest BCUT2D eigenvalue weighted by Crippen LogP contribution is -2.50. The summed E-state index contributed by atoms with van der Waals surface area (Å²) in [6.45, 7) is 1.79. The smallest absolute Gasteiger partial charge is 0.253 e. The van der Waals surface area contributed by atoms with Gasteiger partial charge in [-0.15, -0.1) is 0 Å². The van der Waals surface area contributed by atoms with Gasteiger partial charge in [-0.1, -0.05) is 30.3 Å². The number of pyridine rings is 1. The van der Waals surface area contributed by atoms with E-state index >= 15 is 0 Å². The Hall–Kier alpha value is -2.77. The van der Waals surface area contributed by atoms with E-state index in [4.69, 9.17) is 9.47 Å². The molecule has 4 rings (SSSR count). The molecule has 0 aliphatic carbocycles. The van der Waals surface area contributed by atoms with Gasteiger partial charge in [0.25, 0.3) is 5.91 Å². The number of aromatic nitrogens is 3. The van der Waals surface area contributed by atoms with Crippen LogP contribution in [0.1, 0.15) is 22.3 Å². The maximum Gasteiger partial charge on any atom is 0.253 e. The average Bonchev–Trinajstić information content (AvgIpc) is 3.11. The first kappa shape index (κ1) is 17.6. The number of nitrogens with zero attached hydrogens (tertiary/aromatic N) is 3. The molecular formula is C20H22N4O3. The highest BCUT2D eigenvalue weighted by Crippen LogP contribution is 2.16. The van der Waals surface area contributed by atoms with Crippen LogP contribution in [-0.2, 0) is 16.0 Å². The SMILES string of the molecule is CO[C@@H]1CCOC[C@H]1NC(=O)c1cnc2c(c1)ncn2Cc1ccccc1. The Kier molecular flexibility index (Phi) is 5.13. The largest absolute Gasteiger partial charge is 0.379 e. The Morgan fingerprint density at radius 2 is 2.19 bits per heavy atom. The highest BCUT2D eigenvalue weighted by atomic mass is 16.5. The molecule has 3 aromatic rings. The van der Waals surface area contributed by atoms with Gasteiger partial charge in [0.05, 0.1) is 37.2 Å². The summed E-state index contributed by atoms with van der Waals surface area (Å²) >= 11 is 0. The third-order valence-electron chi connectivity index (χ3n) is 4.83. The van der Waals surface area contributed by atoms with E-state index in [0.717, 1.165) is 12.1 Å². The monoisotopic (exact) mass is 366 g/mol. The van der Waals surface area contributed by atoms with Crippen LogP contribution in [0.2, 0.25) is 0 Å². The summed E-state index contributed by atoms with van der Waals surface area (Å²) in [6, 6.07) is 11.7. The first-order chi connectivity index (χ1) is 13.2. The van der Waals surface area contributed by atoms with E-state index in [-0.39, 0.29) is 18.1 Å². The van der Waals surface area contributed by atoms with Crippen molar-refractivity contribution in [3.8, 4) is 0 Å². The van der Waals surface area contributed by atoms with E-state index in [2.05, 4.69) is 27.4 Å². The molecule has 0 unspecified atom stereocenters. The molecule has 7 heteroatoms. The van der Waals surface area contributed by atoms with E-state index in [9.17, 15) is 4.79 Å². The van der Waals surface area contributed by atoms with Gasteiger partial charge >= 0.3 is 0 Å². The summed E-state index contributed by atoms with van der Waals surface area (Å²) in [4.78, 5) is 21.5. The molecule has 140 valence electrons. The minimum atomic E-state index is -0.195. The van der Waals surface area contributed by atoms with E-state index in [1.165, 1.54) is 5.56 Å². The quantitative estimate of drug-likeness (QED) is 0.747. The molecule has 2 aromatic heterocycles. The number of benzene rings is 1. The van der Waals surface area contributed by atoms with Crippen LogP contribution < -0.4 is 5.32 Å². The standard InChI is InChI=1S/C20H22N4O3/c1-26-18-7-8-27-12-17(18)23-20(25)15-9-16-19(21-10-15)24(13-22-16)11-14-5-3-2-4-6-14/h2-6,9-10,13,17-18H,7-8,11-12H2,1H3,(H,23,25)/t17-,18-/m1/s1. The molecule has 0 saturated carbocycles. The predicted octanol–water partition coefficient (Wildman–Crippen LogP) is 2.01. The predicted molar refractivity (Wildman–Crippen MR) is 101 cm³/mol. The Bertz CT molecular complexity index is 925. The summed E-state index contributed by atoms with van der Waals surface area (Å²) in [7, 11) is 1.65. The molecule has 0 spiro atoms. The van der Waals surface area contributed by atoms with Gasteiger partial charge in [0.2, 0.25) is 0 Å². The number of carbonyl (C=O) groups excluding carboxylic acids is 1. The van der Waals surface area contributed by atoms with Gasteiger partial charge < -0.3 is 19.4 Å². The normalized spacial score (nSPS) is 19.9. The number of nitrogens with one attached hydrogen (secondary N) is 1. The maximum absolute atomic E-state index is 12.6. The molecule has 1 saturated heterocycles. The molecule has 1 aliphatic rings. The van der Waals surface area contributed by atoms with Crippen LogP contribution in [0.3, 0.4) is 0 Å². The Morgan fingerprint density at radius 1 is 1.33 bits per heavy atom. The second-order valence-corrected chi connectivity index (χ2v) is 6.64. The fourth-order valence-electron chi connectivity index (χ4n) is 3.36. The summed E-state index contributed by atoms with van der Waals surface area (Å²) in [5, 5.41) is 2.98. The van der Waals surface area contributed by atoms with Crippen LogP contribution in [-0.4, -0.2) is 52.9 Å². The van der Waals surface area contributed by atoms with Gasteiger partial charge in [0.15, 0.2) is 5.65 Å². The first-order valence-electron chi connectivity index (χ1n) is 9.01. The second kappa shape index (κ2) is 7.85. The van der Waals surface area contributed by atoms with Crippen molar-refractivity contribution in [3.05, 3.63) is 60.0 Å². The van der Waals surface area contributed by atoms with E-state index < -0.39 is 0 Å². The van der Waals surface area contributed by atoms with Crippen LogP contribution in [0.15, 0.2) is 48.9 Å². The van der Waals surface area contributed by atoms with Crippen molar-refractivity contribution >= 4 is 17.1 Å². The molecule has 0 bridgehead atoms. The lowest BCUT2D eigenvalue weighted by Gasteiger charge is -2.30. The maximum atomic E-state index is 12.6. The number of hydrogen-bond donors (Lipinski definition) is 1. The number of hydrogen-bond acceptors (Lipinski definition) is 5. The Morgan fingerprint density at radius 3 is 3.00 bits per heavy atom. The third-order valence-corrected chi connectivity index (χ3v) is 4.83. The van der Waals surface area contributed by atoms with Crippen molar-refractivity contribution in [3.63, 3.8) is 0 Å². The molecular weight excluding hydrogens is 344 g/mol. The number of amides is 1. The molecule has 3 heterocycles. The molecule has 0 radical (unpaired) electrons. The summed E-state index contributed by atoms with van der Waals surface area (Å²) in [6.07, 6.45) is 4.07. The van der Waals surface area contributed by atoms with Crippen molar-refractivity contribution in [2.45, 2.75) is 25.1 Å². The highest BCUT2D eigenvalue weighted by Gasteiger charge is 2.27. The van der Waals surface area contributed by atoms with Gasteiger partial charge in [0, 0.05) is 19.9 Å². The highest BCUT2D eigenvalue weighted by molar-refractivity contribution is 5.96. The van der Waals surface area contributed by atoms with E-state index in [1.807, 2.05) is 22.8 Å². The van der Waals surface area contributed by atoms with E-state index in [1.54, 1.807) is 25.7 Å². The molecule has 1 N–H and O–H groups in total. The Labute approximate surface area is 157 Å². The van der Waals surface area contributed by atoms with Gasteiger partial charge in [-0.2, -0.15) is 0 Å². The van der Waals surface area contributed by atoms with Crippen LogP contribution in [0, 0.1) is 0 Å². The summed E-state index contributed by atoms with van der Waals surface area (Å²) < 4.78 is 12.9. The zero-order chi connectivity index (χ0) is 18.6. The number of fused-ring (bicyclic) bond motifs is 1. The minimum absolute atomic E-state index is 0.0375. The molecule has 1 aromatic carbocycles. The van der Waals surface area contributed by atoms with E-state index in [0.29, 0.717) is 30.8 Å². The van der Waals surface area contributed by atoms with Crippen molar-refractivity contribution in [2.24, 2.45) is 0 Å². The van der Waals surface area contributed by atoms with Gasteiger partial charge in [-0.3, -0.25) is 4.79 Å². The average molecular weight is 366 g/mol. The van der Waals surface area contributed by atoms with Crippen molar-refractivity contribution in [2.75, 3.05) is 20.3 Å². The minimum Gasteiger partial charge on any atom is -0.379 e. The van der Waals surface area contributed by atoms with Crippen molar-refractivity contribution < 1.29 is 14.3 Å². The number of imidazole rings is 1. The first-order valence-corrected chi connectivity index (χ1v) is 9.01. The summed E-state index contributed by atoms with van der Waals surface area (Å²) in [5.74, 6) is -0.195. The van der Waals surface area contributed by atoms with Gasteiger partial charge in [-0.25, -0.2) is 9.97 Å². The van der Waals surface area contributed by atoms with Gasteiger partial charge in [-0.05, 0) is 18.1 Å². The van der Waals surface area contributed by atoms with Crippen LogP contribution in [0.4, 0.5) is 0 Å². The second-order valence-electron chi connectivity index (χ2n) is 6.64. The van der Waals surface area contributed by atoms with Crippen molar-refractivity contribution in [1.82, 2.24) is 19.9 Å². The number of rotatable bonds is 5. The van der Waals surface area contributed by atoms with Crippen LogP contribution in [0.25, 0.3) is 11.2 Å². The van der Waals surface area contributed by atoms with Gasteiger partial charge in [0.1, 0.15) is 5.52 Å². The third kappa shape index (κ3) is 3.84. The number of carbonyl (C=O) groups is 1. The molecule has 1 amide bonds. The molecule has 7 nitrogen and oxygen atoms in total.